The van der Waals surface area contributed by atoms with Gasteiger partial charge in [0, 0.05) is 36.6 Å². The van der Waals surface area contributed by atoms with E-state index in [0.717, 1.165) is 37.0 Å². The minimum atomic E-state index is 0. The summed E-state index contributed by atoms with van der Waals surface area (Å²) in [6, 6.07) is 1.92. The quantitative estimate of drug-likeness (QED) is 0.399. The molecule has 0 fully saturated rings. The molecule has 2 aromatic heterocycles. The van der Waals surface area contributed by atoms with Crippen molar-refractivity contribution in [2.24, 2.45) is 4.99 Å². The van der Waals surface area contributed by atoms with Gasteiger partial charge in [-0.2, -0.15) is 5.10 Å². The molecule has 2 aromatic rings. The van der Waals surface area contributed by atoms with E-state index in [1.165, 1.54) is 4.88 Å². The highest BCUT2D eigenvalue weighted by Gasteiger charge is 2.01. The van der Waals surface area contributed by atoms with Gasteiger partial charge < -0.3 is 10.6 Å². The van der Waals surface area contributed by atoms with Crippen LogP contribution >= 0.6 is 35.3 Å². The number of guanidine groups is 1. The minimum absolute atomic E-state index is 0. The Morgan fingerprint density at radius 1 is 1.36 bits per heavy atom. The van der Waals surface area contributed by atoms with Gasteiger partial charge in [-0.1, -0.05) is 6.92 Å². The predicted molar refractivity (Wildman–Crippen MR) is 102 cm³/mol. The van der Waals surface area contributed by atoms with Crippen LogP contribution < -0.4 is 10.6 Å². The third-order valence-corrected chi connectivity index (χ3v) is 3.99. The average Bonchev–Trinajstić information content (AvgIpc) is 3.16. The summed E-state index contributed by atoms with van der Waals surface area (Å²) in [5, 5.41) is 11.8. The fourth-order valence-corrected chi connectivity index (χ4v) is 2.58. The van der Waals surface area contributed by atoms with Gasteiger partial charge in [0.25, 0.3) is 0 Å². The van der Waals surface area contributed by atoms with Crippen LogP contribution in [0.4, 0.5) is 0 Å². The summed E-state index contributed by atoms with van der Waals surface area (Å²) in [6.07, 6.45) is 6.71. The van der Waals surface area contributed by atoms with Crippen molar-refractivity contribution < 1.29 is 0 Å². The van der Waals surface area contributed by atoms with Crippen molar-refractivity contribution >= 4 is 41.3 Å². The number of rotatable bonds is 7. The highest BCUT2D eigenvalue weighted by molar-refractivity contribution is 14.0. The Morgan fingerprint density at radius 3 is 2.86 bits per heavy atom. The number of aromatic nitrogens is 3. The molecule has 0 bridgehead atoms. The van der Waals surface area contributed by atoms with E-state index in [1.807, 2.05) is 23.1 Å². The van der Waals surface area contributed by atoms with Crippen LogP contribution in [-0.2, 0) is 19.5 Å². The first-order valence-corrected chi connectivity index (χ1v) is 8.06. The Balaban J connectivity index is 0.00000242. The van der Waals surface area contributed by atoms with E-state index in [9.17, 15) is 0 Å². The fourth-order valence-electron chi connectivity index (χ4n) is 1.79. The van der Waals surface area contributed by atoms with Gasteiger partial charge in [-0.3, -0.25) is 4.68 Å². The molecular weight excluding hydrogens is 411 g/mol. The highest BCUT2D eigenvalue weighted by atomic mass is 127. The van der Waals surface area contributed by atoms with Crippen LogP contribution in [0.3, 0.4) is 0 Å². The molecule has 0 saturated heterocycles. The van der Waals surface area contributed by atoms with E-state index in [1.54, 1.807) is 17.5 Å². The van der Waals surface area contributed by atoms with E-state index in [-0.39, 0.29) is 24.0 Å². The van der Waals surface area contributed by atoms with Crippen LogP contribution in [-0.4, -0.2) is 33.8 Å². The molecular formula is C14H23IN6S. The van der Waals surface area contributed by atoms with Crippen molar-refractivity contribution in [3.8, 4) is 0 Å². The SMILES string of the molecule is CCNC(=NCc1ncc(CC)s1)NCCn1cccn1.I. The summed E-state index contributed by atoms with van der Waals surface area (Å²) in [5.74, 6) is 0.818. The molecule has 0 aliphatic rings. The lowest BCUT2D eigenvalue weighted by molar-refractivity contribution is 0.598. The topological polar surface area (TPSA) is 67.1 Å². The van der Waals surface area contributed by atoms with Crippen LogP contribution in [0.5, 0.6) is 0 Å². The third kappa shape index (κ3) is 6.30. The number of hydrogen-bond acceptors (Lipinski definition) is 4. The molecule has 0 aliphatic carbocycles. The molecule has 0 amide bonds. The highest BCUT2D eigenvalue weighted by Crippen LogP contribution is 2.13. The van der Waals surface area contributed by atoms with Crippen LogP contribution in [0.25, 0.3) is 0 Å². The Labute approximate surface area is 152 Å². The zero-order valence-corrected chi connectivity index (χ0v) is 16.1. The van der Waals surface area contributed by atoms with E-state index in [4.69, 9.17) is 0 Å². The largest absolute Gasteiger partial charge is 0.357 e. The van der Waals surface area contributed by atoms with Crippen LogP contribution in [0.15, 0.2) is 29.6 Å². The Morgan fingerprint density at radius 2 is 2.23 bits per heavy atom. The first-order valence-electron chi connectivity index (χ1n) is 7.25. The molecule has 0 unspecified atom stereocenters. The first kappa shape index (κ1) is 18.9. The molecule has 2 N–H and O–H groups in total. The molecule has 122 valence electrons. The standard InChI is InChI=1S/C14H22N6S.HI/c1-3-12-10-17-13(21-12)11-18-14(15-4-2)16-7-9-20-8-5-6-19-20;/h5-6,8,10H,3-4,7,9,11H2,1-2H3,(H2,15,16,18);1H. The number of aryl methyl sites for hydroxylation is 1. The zero-order valence-electron chi connectivity index (χ0n) is 13.0. The lowest BCUT2D eigenvalue weighted by Crippen LogP contribution is -2.38. The van der Waals surface area contributed by atoms with Gasteiger partial charge in [-0.05, 0) is 19.4 Å². The Kier molecular flexibility index (Phi) is 9.05. The molecule has 0 radical (unpaired) electrons. The van der Waals surface area contributed by atoms with Crippen molar-refractivity contribution in [1.29, 1.82) is 0 Å². The molecule has 0 aromatic carbocycles. The fraction of sp³-hybridized carbons (Fsp3) is 0.500. The van der Waals surface area contributed by atoms with Gasteiger partial charge in [0.15, 0.2) is 5.96 Å². The minimum Gasteiger partial charge on any atom is -0.357 e. The molecule has 22 heavy (non-hydrogen) atoms. The van der Waals surface area contributed by atoms with Gasteiger partial charge in [-0.15, -0.1) is 35.3 Å². The Hall–Kier alpha value is -1.16. The number of nitrogens with one attached hydrogen (secondary N) is 2. The summed E-state index contributed by atoms with van der Waals surface area (Å²) in [5.41, 5.74) is 0. The van der Waals surface area contributed by atoms with Crippen molar-refractivity contribution in [1.82, 2.24) is 25.4 Å². The molecule has 0 saturated carbocycles. The van der Waals surface area contributed by atoms with Crippen LogP contribution in [0.1, 0.15) is 23.7 Å². The molecule has 8 heteroatoms. The van der Waals surface area contributed by atoms with Gasteiger partial charge in [0.05, 0.1) is 13.1 Å². The lowest BCUT2D eigenvalue weighted by atomic mass is 10.4. The van der Waals surface area contributed by atoms with Crippen molar-refractivity contribution in [2.45, 2.75) is 33.4 Å². The third-order valence-electron chi connectivity index (χ3n) is 2.86. The van der Waals surface area contributed by atoms with Gasteiger partial charge in [0.1, 0.15) is 5.01 Å². The maximum Gasteiger partial charge on any atom is 0.191 e. The van der Waals surface area contributed by atoms with Gasteiger partial charge in [-0.25, -0.2) is 9.98 Å². The second-order valence-electron chi connectivity index (χ2n) is 4.46. The van der Waals surface area contributed by atoms with Gasteiger partial charge in [0.2, 0.25) is 0 Å². The maximum absolute atomic E-state index is 4.56. The van der Waals surface area contributed by atoms with Crippen molar-refractivity contribution in [2.75, 3.05) is 13.1 Å². The van der Waals surface area contributed by atoms with E-state index in [0.29, 0.717) is 6.54 Å². The zero-order chi connectivity index (χ0) is 14.9. The lowest BCUT2D eigenvalue weighted by Gasteiger charge is -2.10. The van der Waals surface area contributed by atoms with Crippen molar-refractivity contribution in [3.63, 3.8) is 0 Å². The summed E-state index contributed by atoms with van der Waals surface area (Å²) in [7, 11) is 0. The number of nitrogens with zero attached hydrogens (tertiary/aromatic N) is 4. The molecule has 2 heterocycles. The smallest absolute Gasteiger partial charge is 0.191 e. The molecule has 6 nitrogen and oxygen atoms in total. The number of hydrogen-bond donors (Lipinski definition) is 2. The summed E-state index contributed by atoms with van der Waals surface area (Å²) in [4.78, 5) is 10.2. The molecule has 0 atom stereocenters. The van der Waals surface area contributed by atoms with Crippen LogP contribution in [0, 0.1) is 0 Å². The summed E-state index contributed by atoms with van der Waals surface area (Å²) >= 11 is 1.73. The monoisotopic (exact) mass is 434 g/mol. The summed E-state index contributed by atoms with van der Waals surface area (Å²) < 4.78 is 1.89. The predicted octanol–water partition coefficient (Wildman–Crippen LogP) is 2.28. The van der Waals surface area contributed by atoms with E-state index in [2.05, 4.69) is 39.6 Å². The molecule has 0 aliphatic heterocycles. The van der Waals surface area contributed by atoms with Gasteiger partial charge >= 0.3 is 0 Å². The number of halogens is 1. The normalized spacial score (nSPS) is 11.1. The number of thiazole rings is 1. The maximum atomic E-state index is 4.56. The second-order valence-corrected chi connectivity index (χ2v) is 5.66. The van der Waals surface area contributed by atoms with E-state index < -0.39 is 0 Å². The molecule has 0 spiro atoms. The first-order chi connectivity index (χ1) is 10.3. The average molecular weight is 434 g/mol. The van der Waals surface area contributed by atoms with Crippen LogP contribution in [0.2, 0.25) is 0 Å². The second kappa shape index (κ2) is 10.5. The summed E-state index contributed by atoms with van der Waals surface area (Å²) in [6.45, 7) is 7.25. The van der Waals surface area contributed by atoms with E-state index >= 15 is 0 Å². The Bertz CT molecular complexity index is 551. The number of aliphatic imine (C=N–C) groups is 1. The van der Waals surface area contributed by atoms with Crippen molar-refractivity contribution in [3.05, 3.63) is 34.5 Å². The molecule has 2 rings (SSSR count).